The Kier molecular flexibility index (Phi) is 3.86. The molecule has 0 aliphatic carbocycles. The van der Waals surface area contributed by atoms with Crippen molar-refractivity contribution in [1.82, 2.24) is 19.1 Å². The van der Waals surface area contributed by atoms with Crippen LogP contribution in [0.3, 0.4) is 0 Å². The normalized spacial score (nSPS) is 11.7. The summed E-state index contributed by atoms with van der Waals surface area (Å²) in [5.41, 5.74) is 0.693. The minimum atomic E-state index is -3.17. The lowest BCUT2D eigenvalue weighted by Gasteiger charge is -2.09. The molecule has 9 heteroatoms. The molecule has 0 spiro atoms. The number of fused-ring (bicyclic) bond motifs is 1. The first kappa shape index (κ1) is 13.6. The Morgan fingerprint density at radius 2 is 2.16 bits per heavy atom. The molecule has 104 valence electrons. The number of anilines is 2. The summed E-state index contributed by atoms with van der Waals surface area (Å²) >= 11 is 0. The number of hydrogen-bond acceptors (Lipinski definition) is 6. The number of rotatable bonds is 6. The maximum atomic E-state index is 10.9. The van der Waals surface area contributed by atoms with E-state index in [9.17, 15) is 8.42 Å². The summed E-state index contributed by atoms with van der Waals surface area (Å²) in [7, 11) is -1.39. The van der Waals surface area contributed by atoms with Crippen LogP contribution in [0.5, 0.6) is 0 Å². The predicted molar refractivity (Wildman–Crippen MR) is 73.9 cm³/mol. The van der Waals surface area contributed by atoms with Gasteiger partial charge in [0.05, 0.1) is 12.5 Å². The third-order valence-electron chi connectivity index (χ3n) is 2.41. The zero-order valence-corrected chi connectivity index (χ0v) is 11.5. The van der Waals surface area contributed by atoms with Crippen molar-refractivity contribution in [2.75, 3.05) is 37.0 Å². The van der Waals surface area contributed by atoms with E-state index in [0.717, 1.165) is 6.26 Å². The minimum absolute atomic E-state index is 0.289. The molecule has 0 unspecified atom stereocenters. The summed E-state index contributed by atoms with van der Waals surface area (Å²) in [5, 5.41) is 6.01. The Balaban J connectivity index is 2.09. The topological polar surface area (TPSA) is 100 Å². The van der Waals surface area contributed by atoms with Crippen LogP contribution in [0.1, 0.15) is 0 Å². The molecule has 0 radical (unpaired) electrons. The molecule has 3 N–H and O–H groups in total. The van der Waals surface area contributed by atoms with Crippen molar-refractivity contribution in [2.24, 2.45) is 0 Å². The zero-order chi connectivity index (χ0) is 13.9. The lowest BCUT2D eigenvalue weighted by Crippen LogP contribution is -2.28. The molecule has 0 fully saturated rings. The third-order valence-corrected chi connectivity index (χ3v) is 3.14. The van der Waals surface area contributed by atoms with Crippen molar-refractivity contribution >= 4 is 27.3 Å². The van der Waals surface area contributed by atoms with Gasteiger partial charge in [-0.3, -0.25) is 0 Å². The summed E-state index contributed by atoms with van der Waals surface area (Å²) < 4.78 is 26.1. The first-order valence-electron chi connectivity index (χ1n) is 5.69. The Labute approximate surface area is 111 Å². The van der Waals surface area contributed by atoms with Gasteiger partial charge in [0.1, 0.15) is 5.82 Å². The summed E-state index contributed by atoms with van der Waals surface area (Å²) in [4.78, 5) is 8.54. The van der Waals surface area contributed by atoms with Crippen LogP contribution in [-0.4, -0.2) is 49.2 Å². The Hall–Kier alpha value is -1.87. The number of nitrogens with zero attached hydrogens (tertiary/aromatic N) is 3. The maximum absolute atomic E-state index is 10.9. The van der Waals surface area contributed by atoms with Crippen LogP contribution in [-0.2, 0) is 10.0 Å². The predicted octanol–water partition coefficient (Wildman–Crippen LogP) is -0.268. The first-order chi connectivity index (χ1) is 8.99. The highest BCUT2D eigenvalue weighted by atomic mass is 32.2. The number of nitrogens with one attached hydrogen (secondary N) is 3. The van der Waals surface area contributed by atoms with Crippen LogP contribution >= 0.6 is 0 Å². The van der Waals surface area contributed by atoms with Gasteiger partial charge in [-0.25, -0.2) is 23.1 Å². The van der Waals surface area contributed by atoms with Crippen molar-refractivity contribution in [3.05, 3.63) is 18.6 Å². The Morgan fingerprint density at radius 1 is 1.37 bits per heavy atom. The molecule has 0 aromatic carbocycles. The van der Waals surface area contributed by atoms with Gasteiger partial charge in [0.25, 0.3) is 0 Å². The molecule has 19 heavy (non-hydrogen) atoms. The lowest BCUT2D eigenvalue weighted by molar-refractivity contribution is 0.589. The van der Waals surface area contributed by atoms with E-state index in [0.29, 0.717) is 23.8 Å². The number of aromatic nitrogens is 3. The summed E-state index contributed by atoms with van der Waals surface area (Å²) in [6.45, 7) is 0.715. The maximum Gasteiger partial charge on any atom is 0.208 e. The van der Waals surface area contributed by atoms with Crippen molar-refractivity contribution in [3.8, 4) is 0 Å². The quantitative estimate of drug-likeness (QED) is 0.632. The van der Waals surface area contributed by atoms with E-state index in [1.165, 1.54) is 0 Å². The largest absolute Gasteiger partial charge is 0.372 e. The number of imidazole rings is 1. The van der Waals surface area contributed by atoms with Gasteiger partial charge in [-0.05, 0) is 0 Å². The van der Waals surface area contributed by atoms with Crippen molar-refractivity contribution in [1.29, 1.82) is 0 Å². The van der Waals surface area contributed by atoms with E-state index in [1.807, 2.05) is 16.8 Å². The van der Waals surface area contributed by atoms with Gasteiger partial charge in [-0.15, -0.1) is 0 Å². The molecule has 0 saturated heterocycles. The minimum Gasteiger partial charge on any atom is -0.372 e. The molecule has 2 heterocycles. The second-order valence-corrected chi connectivity index (χ2v) is 5.81. The van der Waals surface area contributed by atoms with Crippen molar-refractivity contribution < 1.29 is 8.42 Å². The van der Waals surface area contributed by atoms with Gasteiger partial charge < -0.3 is 15.0 Å². The number of sulfonamides is 1. The Morgan fingerprint density at radius 3 is 2.84 bits per heavy atom. The molecule has 0 aliphatic rings. The van der Waals surface area contributed by atoms with E-state index in [2.05, 4.69) is 25.3 Å². The third kappa shape index (κ3) is 3.55. The van der Waals surface area contributed by atoms with Gasteiger partial charge in [0.15, 0.2) is 11.5 Å². The van der Waals surface area contributed by atoms with E-state index in [-0.39, 0.29) is 6.54 Å². The van der Waals surface area contributed by atoms with Gasteiger partial charge in [-0.1, -0.05) is 0 Å². The molecule has 0 amide bonds. The summed E-state index contributed by atoms with van der Waals surface area (Å²) in [6, 6.07) is 0. The average molecular weight is 284 g/mol. The van der Waals surface area contributed by atoms with E-state index < -0.39 is 10.0 Å². The highest BCUT2D eigenvalue weighted by molar-refractivity contribution is 7.88. The van der Waals surface area contributed by atoms with Crippen LogP contribution in [0.15, 0.2) is 18.6 Å². The second-order valence-electron chi connectivity index (χ2n) is 3.98. The van der Waals surface area contributed by atoms with Gasteiger partial charge in [0.2, 0.25) is 10.0 Å². The molecule has 0 atom stereocenters. The Bertz CT molecular complexity index is 666. The molecule has 2 rings (SSSR count). The van der Waals surface area contributed by atoms with Crippen molar-refractivity contribution in [2.45, 2.75) is 0 Å². The molecule has 2 aromatic rings. The first-order valence-corrected chi connectivity index (χ1v) is 7.59. The zero-order valence-electron chi connectivity index (χ0n) is 10.7. The van der Waals surface area contributed by atoms with Gasteiger partial charge in [-0.2, -0.15) is 0 Å². The average Bonchev–Trinajstić information content (AvgIpc) is 2.81. The number of hydrogen-bond donors (Lipinski definition) is 3. The summed E-state index contributed by atoms with van der Waals surface area (Å²) in [6.07, 6.45) is 6.44. The fraction of sp³-hybridized carbons (Fsp3) is 0.400. The van der Waals surface area contributed by atoms with Crippen LogP contribution in [0.4, 0.5) is 11.6 Å². The highest BCUT2D eigenvalue weighted by Crippen LogP contribution is 2.15. The standard InChI is InChI=1S/C10H16N6O2S/c1-11-8-7-16-6-5-13-10(16)9(15-8)12-3-4-14-19(2,17)18/h5-7,11,14H,3-4H2,1-2H3,(H,12,15). The van der Waals surface area contributed by atoms with Crippen LogP contribution in [0.2, 0.25) is 0 Å². The van der Waals surface area contributed by atoms with Crippen LogP contribution in [0.25, 0.3) is 5.65 Å². The molecule has 8 nitrogen and oxygen atoms in total. The molecular formula is C10H16N6O2S. The van der Waals surface area contributed by atoms with Gasteiger partial charge >= 0.3 is 0 Å². The molecule has 0 bridgehead atoms. The molecular weight excluding hydrogens is 268 g/mol. The molecule has 0 saturated carbocycles. The van der Waals surface area contributed by atoms with E-state index in [1.54, 1.807) is 13.2 Å². The van der Waals surface area contributed by atoms with Crippen molar-refractivity contribution in [3.63, 3.8) is 0 Å². The SMILES string of the molecule is CNc1cn2ccnc2c(NCCNS(C)(=O)=O)n1. The molecule has 2 aromatic heterocycles. The fourth-order valence-corrected chi connectivity index (χ4v) is 2.06. The lowest BCUT2D eigenvalue weighted by atomic mass is 10.5. The highest BCUT2D eigenvalue weighted by Gasteiger charge is 2.06. The van der Waals surface area contributed by atoms with E-state index in [4.69, 9.17) is 0 Å². The van der Waals surface area contributed by atoms with Crippen LogP contribution in [0, 0.1) is 0 Å². The van der Waals surface area contributed by atoms with Gasteiger partial charge in [0, 0.05) is 32.5 Å². The second kappa shape index (κ2) is 5.41. The van der Waals surface area contributed by atoms with Crippen LogP contribution < -0.4 is 15.4 Å². The summed E-state index contributed by atoms with van der Waals surface area (Å²) in [5.74, 6) is 1.30. The monoisotopic (exact) mass is 284 g/mol. The fourth-order valence-electron chi connectivity index (χ4n) is 1.59. The molecule has 0 aliphatic heterocycles. The smallest absolute Gasteiger partial charge is 0.208 e. The van der Waals surface area contributed by atoms with E-state index >= 15 is 0 Å².